The monoisotopic (exact) mass is 252 g/mol. The summed E-state index contributed by atoms with van der Waals surface area (Å²) in [5.74, 6) is -0.833. The summed E-state index contributed by atoms with van der Waals surface area (Å²) < 4.78 is 14.9. The van der Waals surface area contributed by atoms with Crippen LogP contribution in [-0.2, 0) is 19.0 Å². The first-order valence-corrected chi connectivity index (χ1v) is 5.99. The summed E-state index contributed by atoms with van der Waals surface area (Å²) in [5.41, 5.74) is 0. The highest BCUT2D eigenvalue weighted by Crippen LogP contribution is 1.75. The van der Waals surface area contributed by atoms with Crippen molar-refractivity contribution >= 4 is 5.97 Å². The van der Waals surface area contributed by atoms with E-state index < -0.39 is 5.97 Å². The second-order valence-electron chi connectivity index (χ2n) is 2.69. The third-order valence-electron chi connectivity index (χ3n) is 1.19. The van der Waals surface area contributed by atoms with Gasteiger partial charge in [0.25, 0.3) is 5.97 Å². The van der Waals surface area contributed by atoms with Gasteiger partial charge in [-0.05, 0) is 27.7 Å². The fourth-order valence-corrected chi connectivity index (χ4v) is 0.611. The van der Waals surface area contributed by atoms with Crippen molar-refractivity contribution in [2.45, 2.75) is 34.6 Å². The zero-order valence-electron chi connectivity index (χ0n) is 11.8. The van der Waals surface area contributed by atoms with Gasteiger partial charge in [-0.15, -0.1) is 0 Å². The van der Waals surface area contributed by atoms with E-state index in [1.54, 1.807) is 0 Å². The maximum Gasteiger partial charge on any atom is 0.300 e. The first-order valence-electron chi connectivity index (χ1n) is 5.99. The van der Waals surface area contributed by atoms with Crippen LogP contribution in [0.2, 0.25) is 0 Å². The summed E-state index contributed by atoms with van der Waals surface area (Å²) in [5, 5.41) is 7.42. The van der Waals surface area contributed by atoms with E-state index in [4.69, 9.17) is 24.1 Å². The van der Waals surface area contributed by atoms with Crippen molar-refractivity contribution in [3.63, 3.8) is 0 Å². The highest BCUT2D eigenvalue weighted by atomic mass is 16.5. The number of carboxylic acid groups (broad SMARTS) is 1. The molecule has 1 N–H and O–H groups in total. The number of carboxylic acids is 1. The summed E-state index contributed by atoms with van der Waals surface area (Å²) in [6.45, 7) is 13.7. The Morgan fingerprint density at radius 2 is 1.06 bits per heavy atom. The van der Waals surface area contributed by atoms with Crippen LogP contribution in [0.1, 0.15) is 34.6 Å². The molecule has 0 saturated heterocycles. The second kappa shape index (κ2) is 24.5. The van der Waals surface area contributed by atoms with Gasteiger partial charge in [0.2, 0.25) is 0 Å². The zero-order valence-corrected chi connectivity index (χ0v) is 11.8. The van der Waals surface area contributed by atoms with Crippen LogP contribution in [0.4, 0.5) is 0 Å². The molecule has 5 heteroatoms. The number of rotatable bonds is 7. The maximum atomic E-state index is 9.00. The molecule has 0 aromatic carbocycles. The van der Waals surface area contributed by atoms with Crippen LogP contribution in [0.15, 0.2) is 0 Å². The lowest BCUT2D eigenvalue weighted by Gasteiger charge is -1.99. The van der Waals surface area contributed by atoms with Crippen molar-refractivity contribution in [2.24, 2.45) is 0 Å². The first kappa shape index (κ1) is 21.6. The van der Waals surface area contributed by atoms with Gasteiger partial charge in [0.15, 0.2) is 0 Å². The third kappa shape index (κ3) is 67.8. The highest BCUT2D eigenvalue weighted by molar-refractivity contribution is 5.62. The van der Waals surface area contributed by atoms with E-state index in [0.717, 1.165) is 46.6 Å². The van der Waals surface area contributed by atoms with Crippen LogP contribution in [0, 0.1) is 0 Å². The van der Waals surface area contributed by atoms with Crippen molar-refractivity contribution in [1.82, 2.24) is 0 Å². The predicted molar refractivity (Wildman–Crippen MR) is 68.5 cm³/mol. The molecule has 5 nitrogen and oxygen atoms in total. The van der Waals surface area contributed by atoms with E-state index in [2.05, 4.69) is 0 Å². The summed E-state index contributed by atoms with van der Waals surface area (Å²) in [6, 6.07) is 0. The molecule has 0 spiro atoms. The van der Waals surface area contributed by atoms with E-state index in [1.165, 1.54) is 0 Å². The molecule has 0 aromatic rings. The van der Waals surface area contributed by atoms with Gasteiger partial charge in [-0.3, -0.25) is 4.79 Å². The van der Waals surface area contributed by atoms with Crippen LogP contribution in [0.25, 0.3) is 0 Å². The smallest absolute Gasteiger partial charge is 0.300 e. The average Bonchev–Trinajstić information content (AvgIpc) is 2.26. The molecule has 0 saturated carbocycles. The average molecular weight is 252 g/mol. The van der Waals surface area contributed by atoms with Crippen molar-refractivity contribution in [2.75, 3.05) is 39.6 Å². The van der Waals surface area contributed by atoms with Gasteiger partial charge >= 0.3 is 0 Å². The Morgan fingerprint density at radius 3 is 1.18 bits per heavy atom. The van der Waals surface area contributed by atoms with E-state index in [-0.39, 0.29) is 0 Å². The van der Waals surface area contributed by atoms with Crippen LogP contribution in [-0.4, -0.2) is 50.7 Å². The molecule has 106 valence electrons. The summed E-state index contributed by atoms with van der Waals surface area (Å²) >= 11 is 0. The summed E-state index contributed by atoms with van der Waals surface area (Å²) in [4.78, 5) is 9.00. The molecular formula is C12H28O5. The van der Waals surface area contributed by atoms with Crippen molar-refractivity contribution in [1.29, 1.82) is 0 Å². The molecule has 0 atom stereocenters. The normalized spacial score (nSPS) is 8.53. The van der Waals surface area contributed by atoms with Crippen LogP contribution >= 0.6 is 0 Å². The molecule has 0 heterocycles. The molecule has 0 amide bonds. The maximum absolute atomic E-state index is 9.00. The fraction of sp³-hybridized carbons (Fsp3) is 0.917. The highest BCUT2D eigenvalue weighted by Gasteiger charge is 1.81. The Balaban J connectivity index is -0.000000188. The van der Waals surface area contributed by atoms with Gasteiger partial charge in [0, 0.05) is 33.4 Å². The quantitative estimate of drug-likeness (QED) is 0.704. The SMILES string of the molecule is CC(=O)O.CCOCC.CCOCCOCC. The number of aliphatic carboxylic acids is 1. The fourth-order valence-electron chi connectivity index (χ4n) is 0.611. The number of carbonyl (C=O) groups is 1. The molecule has 0 aliphatic rings. The molecule has 0 aliphatic carbocycles. The lowest BCUT2D eigenvalue weighted by molar-refractivity contribution is -0.134. The standard InChI is InChI=1S/C6H14O2.C4H10O.C2H4O2/c1-3-7-5-6-8-4-2;1-3-5-4-2;1-2(3)4/h3-6H2,1-2H3;3-4H2,1-2H3;1H3,(H,3,4). The van der Waals surface area contributed by atoms with Crippen LogP contribution < -0.4 is 0 Å². The Kier molecular flexibility index (Phi) is 31.2. The van der Waals surface area contributed by atoms with Gasteiger partial charge in [0.1, 0.15) is 0 Å². The molecule has 0 unspecified atom stereocenters. The van der Waals surface area contributed by atoms with E-state index in [0.29, 0.717) is 0 Å². The van der Waals surface area contributed by atoms with E-state index in [1.807, 2.05) is 27.7 Å². The van der Waals surface area contributed by atoms with Crippen molar-refractivity contribution in [3.8, 4) is 0 Å². The minimum Gasteiger partial charge on any atom is -0.481 e. The molecule has 0 aromatic heterocycles. The van der Waals surface area contributed by atoms with Gasteiger partial charge < -0.3 is 19.3 Å². The third-order valence-corrected chi connectivity index (χ3v) is 1.19. The number of hydrogen-bond donors (Lipinski definition) is 1. The number of hydrogen-bond acceptors (Lipinski definition) is 4. The lowest BCUT2D eigenvalue weighted by Crippen LogP contribution is -2.02. The molecule has 0 aliphatic heterocycles. The van der Waals surface area contributed by atoms with Gasteiger partial charge in [-0.2, -0.15) is 0 Å². The Hall–Kier alpha value is -0.650. The van der Waals surface area contributed by atoms with E-state index >= 15 is 0 Å². The first-order chi connectivity index (χ1) is 8.06. The van der Waals surface area contributed by atoms with Gasteiger partial charge in [0.05, 0.1) is 13.2 Å². The molecule has 0 rings (SSSR count). The lowest BCUT2D eigenvalue weighted by atomic mass is 10.7. The molecule has 0 fully saturated rings. The molecule has 17 heavy (non-hydrogen) atoms. The predicted octanol–water partition coefficient (Wildman–Crippen LogP) is 2.19. The van der Waals surface area contributed by atoms with Crippen molar-refractivity contribution in [3.05, 3.63) is 0 Å². The topological polar surface area (TPSA) is 65.0 Å². The van der Waals surface area contributed by atoms with Crippen LogP contribution in [0.5, 0.6) is 0 Å². The zero-order chi connectivity index (χ0) is 13.9. The second-order valence-corrected chi connectivity index (χ2v) is 2.69. The Bertz CT molecular complexity index is 116. The molecule has 0 radical (unpaired) electrons. The number of ether oxygens (including phenoxy) is 3. The summed E-state index contributed by atoms with van der Waals surface area (Å²) in [7, 11) is 0. The minimum atomic E-state index is -0.833. The molecule has 0 bridgehead atoms. The Labute approximate surface area is 105 Å². The largest absolute Gasteiger partial charge is 0.481 e. The summed E-state index contributed by atoms with van der Waals surface area (Å²) in [6.07, 6.45) is 0. The van der Waals surface area contributed by atoms with Crippen molar-refractivity contribution < 1.29 is 24.1 Å². The van der Waals surface area contributed by atoms with Crippen LogP contribution in [0.3, 0.4) is 0 Å². The Morgan fingerprint density at radius 1 is 0.824 bits per heavy atom. The van der Waals surface area contributed by atoms with E-state index in [9.17, 15) is 0 Å². The van der Waals surface area contributed by atoms with Gasteiger partial charge in [-0.1, -0.05) is 0 Å². The van der Waals surface area contributed by atoms with Gasteiger partial charge in [-0.25, -0.2) is 0 Å². The molecular weight excluding hydrogens is 224 g/mol. The minimum absolute atomic E-state index is 0.727.